The normalized spacial score (nSPS) is 28.4. The van der Waals surface area contributed by atoms with Gasteiger partial charge < -0.3 is 24.6 Å². The topological polar surface area (TPSA) is 97.4 Å². The zero-order chi connectivity index (χ0) is 30.9. The van der Waals surface area contributed by atoms with Gasteiger partial charge in [0.15, 0.2) is 5.76 Å². The molecule has 2 heterocycles. The van der Waals surface area contributed by atoms with Crippen molar-refractivity contribution >= 4 is 11.5 Å². The van der Waals surface area contributed by atoms with Crippen molar-refractivity contribution in [1.29, 1.82) is 0 Å². The highest BCUT2D eigenvalue weighted by atomic mass is 16.3. The Balaban J connectivity index is 1.32. The van der Waals surface area contributed by atoms with E-state index >= 15 is 0 Å². The number of nitrogens with zero attached hydrogens (tertiary/aromatic N) is 2. The van der Waals surface area contributed by atoms with E-state index in [2.05, 4.69) is 41.9 Å². The Morgan fingerprint density at radius 3 is 2.57 bits per heavy atom. The number of piperazine rings is 1. The SMILES string of the molecule is CC1=CCC[C@@]2(C)[C@@H](CC[C@@]2(O)CN2CCN(c3ccccc3O)CC2)c2ccc(cc2C(=O)c2ccco2)C[C@@H](O)CC1. The highest BCUT2D eigenvalue weighted by Crippen LogP contribution is 2.59. The van der Waals surface area contributed by atoms with Crippen molar-refractivity contribution in [3.05, 3.63) is 95.0 Å². The molecule has 0 amide bonds. The van der Waals surface area contributed by atoms with Crippen LogP contribution >= 0.6 is 0 Å². The lowest BCUT2D eigenvalue weighted by Gasteiger charge is -2.47. The summed E-state index contributed by atoms with van der Waals surface area (Å²) in [6, 6.07) is 17.0. The molecular formula is C37H46N2O5. The smallest absolute Gasteiger partial charge is 0.228 e. The number of rotatable bonds is 5. The molecule has 7 heteroatoms. The van der Waals surface area contributed by atoms with Gasteiger partial charge in [-0.05, 0) is 99.2 Å². The monoisotopic (exact) mass is 598 g/mol. The van der Waals surface area contributed by atoms with Crippen molar-refractivity contribution in [3.8, 4) is 5.75 Å². The molecule has 1 saturated carbocycles. The molecule has 44 heavy (non-hydrogen) atoms. The minimum absolute atomic E-state index is 0.0143. The van der Waals surface area contributed by atoms with Crippen LogP contribution in [0.15, 0.2) is 76.9 Å². The first-order valence-electron chi connectivity index (χ1n) is 16.2. The first kappa shape index (κ1) is 30.6. The van der Waals surface area contributed by atoms with Gasteiger partial charge in [-0.25, -0.2) is 0 Å². The summed E-state index contributed by atoms with van der Waals surface area (Å²) in [4.78, 5) is 18.5. The first-order chi connectivity index (χ1) is 21.2. The number of phenolic OH excluding ortho intramolecular Hbond substituents is 1. The number of phenols is 1. The molecule has 4 atom stereocenters. The Hall–Kier alpha value is -3.39. The molecule has 3 N–H and O–H groups in total. The lowest BCUT2D eigenvalue weighted by atomic mass is 9.64. The zero-order valence-corrected chi connectivity index (χ0v) is 26.0. The van der Waals surface area contributed by atoms with Crippen LogP contribution in [-0.4, -0.2) is 70.4 Å². The van der Waals surface area contributed by atoms with Gasteiger partial charge in [-0.1, -0.05) is 42.8 Å². The number of aliphatic hydroxyl groups is 2. The second-order valence-corrected chi connectivity index (χ2v) is 13.5. The summed E-state index contributed by atoms with van der Waals surface area (Å²) >= 11 is 0. The van der Waals surface area contributed by atoms with Gasteiger partial charge in [0.25, 0.3) is 0 Å². The molecule has 7 nitrogen and oxygen atoms in total. The summed E-state index contributed by atoms with van der Waals surface area (Å²) in [5, 5.41) is 33.8. The Morgan fingerprint density at radius 1 is 1.02 bits per heavy atom. The van der Waals surface area contributed by atoms with Crippen LogP contribution in [0.1, 0.15) is 85.5 Å². The number of allylic oxidation sites excluding steroid dienone is 2. The molecular weight excluding hydrogens is 552 g/mol. The van der Waals surface area contributed by atoms with Gasteiger partial charge in [-0.2, -0.15) is 0 Å². The standard InChI is InChI=1S/C37H46N2O5/c1-26-7-5-16-36(2)31(15-17-37(36,43)25-38-18-20-39(21-19-38)32-8-3-4-9-33(32)41)29-14-12-27(23-28(40)13-11-26)24-30(29)35(42)34-10-6-22-44-34/h3-4,6-10,12,14,22,24,28,31,40-41,43H,5,11,13,15-21,23,25H2,1-2H3/t28-,31-,36-,37+/m0/s1. The van der Waals surface area contributed by atoms with Crippen LogP contribution in [0.5, 0.6) is 5.75 Å². The minimum Gasteiger partial charge on any atom is -0.506 e. The molecule has 4 aliphatic rings. The lowest BCUT2D eigenvalue weighted by molar-refractivity contribution is -0.0841. The van der Waals surface area contributed by atoms with Crippen molar-refractivity contribution in [2.45, 2.75) is 76.4 Å². The molecule has 2 aromatic carbocycles. The van der Waals surface area contributed by atoms with Crippen molar-refractivity contribution in [1.82, 2.24) is 4.90 Å². The van der Waals surface area contributed by atoms with Gasteiger partial charge in [-0.3, -0.25) is 9.69 Å². The average Bonchev–Trinajstić information content (AvgIpc) is 3.63. The number of ketones is 1. The second-order valence-electron chi connectivity index (χ2n) is 13.5. The van der Waals surface area contributed by atoms with Crippen LogP contribution in [0, 0.1) is 5.41 Å². The summed E-state index contributed by atoms with van der Waals surface area (Å²) in [7, 11) is 0. The number of β-amino-alcohol motifs (C(OH)–C–C–N with tert-alkyl or cyclic N) is 1. The van der Waals surface area contributed by atoms with Crippen LogP contribution in [-0.2, 0) is 6.42 Å². The number of furan rings is 1. The quantitative estimate of drug-likeness (QED) is 0.242. The van der Waals surface area contributed by atoms with Crippen LogP contribution in [0.25, 0.3) is 0 Å². The largest absolute Gasteiger partial charge is 0.506 e. The fourth-order valence-corrected chi connectivity index (χ4v) is 7.99. The van der Waals surface area contributed by atoms with Gasteiger partial charge in [0.05, 0.1) is 23.7 Å². The number of carbonyl (C=O) groups excluding carboxylic acids is 1. The Kier molecular flexibility index (Phi) is 8.73. The molecule has 2 fully saturated rings. The molecule has 3 aliphatic carbocycles. The summed E-state index contributed by atoms with van der Waals surface area (Å²) in [5.74, 6) is 0.442. The highest BCUT2D eigenvalue weighted by Gasteiger charge is 2.57. The van der Waals surface area contributed by atoms with E-state index in [1.54, 1.807) is 18.2 Å². The number of fused-ring (bicyclic) bond motifs is 8. The van der Waals surface area contributed by atoms with Gasteiger partial charge in [0.2, 0.25) is 5.78 Å². The number of hydrogen-bond donors (Lipinski definition) is 3. The minimum atomic E-state index is -0.937. The number of para-hydroxylation sites is 2. The molecule has 3 aromatic rings. The third-order valence-corrected chi connectivity index (χ3v) is 10.7. The molecule has 0 spiro atoms. The van der Waals surface area contributed by atoms with Gasteiger partial charge in [-0.15, -0.1) is 0 Å². The van der Waals surface area contributed by atoms with E-state index in [0.29, 0.717) is 42.9 Å². The molecule has 0 radical (unpaired) electrons. The molecule has 1 aromatic heterocycles. The fraction of sp³-hybridized carbons (Fsp3) is 0.486. The Labute approximate surface area is 260 Å². The molecule has 7 rings (SSSR count). The molecule has 0 unspecified atom stereocenters. The number of carbonyl (C=O) groups is 1. The number of benzene rings is 2. The maximum atomic E-state index is 13.9. The average molecular weight is 599 g/mol. The number of aromatic hydroxyl groups is 1. The van der Waals surface area contributed by atoms with Crippen LogP contribution < -0.4 is 4.90 Å². The second kappa shape index (κ2) is 12.5. The lowest BCUT2D eigenvalue weighted by Crippen LogP contribution is -2.56. The third-order valence-electron chi connectivity index (χ3n) is 10.7. The zero-order valence-electron chi connectivity index (χ0n) is 26.0. The maximum Gasteiger partial charge on any atom is 0.228 e. The number of anilines is 1. The predicted octanol–water partition coefficient (Wildman–Crippen LogP) is 6.08. The van der Waals surface area contributed by atoms with E-state index in [1.165, 1.54) is 11.8 Å². The van der Waals surface area contributed by atoms with E-state index in [-0.39, 0.29) is 11.7 Å². The van der Waals surface area contributed by atoms with Gasteiger partial charge in [0, 0.05) is 43.7 Å². The van der Waals surface area contributed by atoms with Gasteiger partial charge in [0.1, 0.15) is 5.75 Å². The van der Waals surface area contributed by atoms with Crippen molar-refractivity contribution in [2.24, 2.45) is 5.41 Å². The molecule has 1 aliphatic heterocycles. The highest BCUT2D eigenvalue weighted by molar-refractivity contribution is 6.08. The fourth-order valence-electron chi connectivity index (χ4n) is 7.99. The summed E-state index contributed by atoms with van der Waals surface area (Å²) < 4.78 is 5.55. The van der Waals surface area contributed by atoms with Gasteiger partial charge >= 0.3 is 0 Å². The number of aliphatic hydroxyl groups excluding tert-OH is 1. The summed E-state index contributed by atoms with van der Waals surface area (Å²) in [5.41, 5.74) is 3.24. The predicted molar refractivity (Wildman–Crippen MR) is 172 cm³/mol. The maximum absolute atomic E-state index is 13.9. The summed E-state index contributed by atoms with van der Waals surface area (Å²) in [6.07, 6.45) is 8.38. The summed E-state index contributed by atoms with van der Waals surface area (Å²) in [6.45, 7) is 8.11. The van der Waals surface area contributed by atoms with Crippen LogP contribution in [0.2, 0.25) is 0 Å². The van der Waals surface area contributed by atoms with E-state index in [4.69, 9.17) is 4.42 Å². The van der Waals surface area contributed by atoms with E-state index in [9.17, 15) is 20.1 Å². The van der Waals surface area contributed by atoms with E-state index in [0.717, 1.165) is 68.7 Å². The van der Waals surface area contributed by atoms with E-state index in [1.807, 2.05) is 24.3 Å². The third kappa shape index (κ3) is 5.97. The molecule has 1 saturated heterocycles. The Morgan fingerprint density at radius 2 is 1.82 bits per heavy atom. The molecule has 234 valence electrons. The van der Waals surface area contributed by atoms with Crippen LogP contribution in [0.4, 0.5) is 5.69 Å². The Bertz CT molecular complexity index is 1490. The van der Waals surface area contributed by atoms with Crippen LogP contribution in [0.3, 0.4) is 0 Å². The van der Waals surface area contributed by atoms with Crippen molar-refractivity contribution in [3.63, 3.8) is 0 Å². The van der Waals surface area contributed by atoms with E-state index < -0.39 is 17.1 Å². The number of hydrogen-bond acceptors (Lipinski definition) is 7. The molecule has 2 bridgehead atoms. The van der Waals surface area contributed by atoms with Crippen molar-refractivity contribution in [2.75, 3.05) is 37.6 Å². The van der Waals surface area contributed by atoms with Crippen molar-refractivity contribution < 1.29 is 24.5 Å². The first-order valence-corrected chi connectivity index (χ1v) is 16.2.